The lowest BCUT2D eigenvalue weighted by atomic mass is 9.91. The second kappa shape index (κ2) is 13.9. The largest absolute Gasteiger partial charge is 0.512 e. The van der Waals surface area contributed by atoms with Gasteiger partial charge in [0.2, 0.25) is 0 Å². The molecule has 1 heterocycles. The fourth-order valence-electron chi connectivity index (χ4n) is 3.10. The maximum absolute atomic E-state index is 6.25. The van der Waals surface area contributed by atoms with Crippen LogP contribution in [0.1, 0.15) is 78.1 Å². The van der Waals surface area contributed by atoms with Crippen molar-refractivity contribution in [3.63, 3.8) is 0 Å². The molecule has 1 rings (SSSR count). The third kappa shape index (κ3) is 9.96. The van der Waals surface area contributed by atoms with Gasteiger partial charge in [-0.05, 0) is 31.6 Å². The van der Waals surface area contributed by atoms with Gasteiger partial charge < -0.3 is 16.7 Å². The lowest BCUT2D eigenvalue weighted by molar-refractivity contribution is -0.906. The Kier molecular flexibility index (Phi) is 13.5. The summed E-state index contributed by atoms with van der Waals surface area (Å²) >= 11 is 0. The van der Waals surface area contributed by atoms with Gasteiger partial charge in [0, 0.05) is 0 Å². The van der Waals surface area contributed by atoms with Crippen molar-refractivity contribution < 1.29 is 4.90 Å². The van der Waals surface area contributed by atoms with E-state index >= 15 is 0 Å². The first-order chi connectivity index (χ1) is 9.36. The predicted octanol–water partition coefficient (Wildman–Crippen LogP) is 3.54. The average molecular weight is 266 g/mol. The predicted molar refractivity (Wildman–Crippen MR) is 81.5 cm³/mol. The molecular weight excluding hydrogens is 232 g/mol. The van der Waals surface area contributed by atoms with Gasteiger partial charge in [0.1, 0.15) is 0 Å². The van der Waals surface area contributed by atoms with Crippen LogP contribution >= 0.6 is 0 Å². The molecule has 2 nitrogen and oxygen atoms in total. The molecule has 0 amide bonds. The van der Waals surface area contributed by atoms with Crippen LogP contribution in [0.3, 0.4) is 0 Å². The van der Waals surface area contributed by atoms with E-state index in [0.717, 1.165) is 5.92 Å². The molecule has 0 aliphatic carbocycles. The first-order valence-corrected chi connectivity index (χ1v) is 8.42. The van der Waals surface area contributed by atoms with Crippen LogP contribution in [-0.2, 0) is 0 Å². The summed E-state index contributed by atoms with van der Waals surface area (Å²) in [5, 5.41) is 6.25. The van der Waals surface area contributed by atoms with E-state index in [4.69, 9.17) is 11.8 Å². The number of nitrogens with zero attached hydrogens (tertiary/aromatic N) is 1. The molecule has 1 N–H and O–H groups in total. The number of hydrogen-bond acceptors (Lipinski definition) is 1. The first-order valence-electron chi connectivity index (χ1n) is 8.42. The van der Waals surface area contributed by atoms with Crippen molar-refractivity contribution in [1.29, 1.82) is 5.26 Å². The van der Waals surface area contributed by atoms with E-state index in [-0.39, 0.29) is 0 Å². The Morgan fingerprint density at radius 1 is 0.895 bits per heavy atom. The molecule has 112 valence electrons. The summed E-state index contributed by atoms with van der Waals surface area (Å²) in [7, 11) is 0. The second-order valence-electron chi connectivity index (χ2n) is 6.00. The Labute approximate surface area is 121 Å². The zero-order valence-corrected chi connectivity index (χ0v) is 13.2. The highest BCUT2D eigenvalue weighted by atomic mass is 15.1. The lowest BCUT2D eigenvalue weighted by Gasteiger charge is -2.29. The Balaban J connectivity index is 0.00000154. The summed E-state index contributed by atoms with van der Waals surface area (Å²) in [4.78, 5) is 1.90. The second-order valence-corrected chi connectivity index (χ2v) is 6.00. The van der Waals surface area contributed by atoms with E-state index in [1.54, 1.807) is 0 Å². The van der Waals surface area contributed by atoms with E-state index in [9.17, 15) is 0 Å². The minimum atomic E-state index is 1.07. The zero-order chi connectivity index (χ0) is 14.3. The molecule has 19 heavy (non-hydrogen) atoms. The van der Waals surface area contributed by atoms with E-state index < -0.39 is 0 Å². The number of nitrogens with one attached hydrogen (secondary N) is 1. The molecule has 1 aliphatic heterocycles. The number of likely N-dealkylation sites (tertiary alicyclic amines) is 1. The van der Waals surface area contributed by atoms with Gasteiger partial charge in [-0.1, -0.05) is 52.4 Å². The molecule has 0 spiro atoms. The van der Waals surface area contributed by atoms with Gasteiger partial charge in [-0.2, -0.15) is 0 Å². The van der Waals surface area contributed by atoms with Crippen LogP contribution in [0, 0.1) is 17.8 Å². The van der Waals surface area contributed by atoms with Crippen molar-refractivity contribution in [2.75, 3.05) is 19.6 Å². The molecule has 0 bridgehead atoms. The first kappa shape index (κ1) is 18.4. The molecule has 0 saturated carbocycles. The van der Waals surface area contributed by atoms with Crippen LogP contribution in [0.4, 0.5) is 0 Å². The molecule has 0 aromatic heterocycles. The molecule has 0 atom stereocenters. The monoisotopic (exact) mass is 266 g/mol. The lowest BCUT2D eigenvalue weighted by Crippen LogP contribution is -3.13. The van der Waals surface area contributed by atoms with Crippen molar-refractivity contribution in [3.8, 4) is 0 Å². The molecule has 0 radical (unpaired) electrons. The average Bonchev–Trinajstić information content (AvgIpc) is 2.48. The van der Waals surface area contributed by atoms with Crippen molar-refractivity contribution in [2.24, 2.45) is 5.92 Å². The normalized spacial score (nSPS) is 22.5. The van der Waals surface area contributed by atoms with Gasteiger partial charge in [0.25, 0.3) is 0 Å². The van der Waals surface area contributed by atoms with Crippen LogP contribution in [0.2, 0.25) is 0 Å². The van der Waals surface area contributed by atoms with Crippen LogP contribution in [0.25, 0.3) is 0 Å². The minimum absolute atomic E-state index is 1.07. The highest BCUT2D eigenvalue weighted by Crippen LogP contribution is 2.17. The highest BCUT2D eigenvalue weighted by Gasteiger charge is 2.20. The molecule has 1 saturated heterocycles. The Hall–Kier alpha value is -0.550. The Bertz CT molecular complexity index is 190. The van der Waals surface area contributed by atoms with Crippen molar-refractivity contribution in [3.05, 3.63) is 6.57 Å². The number of quaternary nitrogens is 1. The molecule has 2 heteroatoms. The van der Waals surface area contributed by atoms with E-state index in [2.05, 4.69) is 13.8 Å². The third-order valence-corrected chi connectivity index (χ3v) is 4.41. The van der Waals surface area contributed by atoms with Gasteiger partial charge in [0.05, 0.1) is 19.6 Å². The minimum Gasteiger partial charge on any atom is -0.512 e. The fraction of sp³-hybridized carbons (Fsp3) is 0.941. The number of hydrogen-bond donors (Lipinski definition) is 1. The van der Waals surface area contributed by atoms with Gasteiger partial charge in [0.15, 0.2) is 0 Å². The third-order valence-electron chi connectivity index (χ3n) is 4.41. The van der Waals surface area contributed by atoms with E-state index in [0.29, 0.717) is 0 Å². The van der Waals surface area contributed by atoms with Crippen molar-refractivity contribution in [2.45, 2.75) is 78.1 Å². The van der Waals surface area contributed by atoms with Crippen LogP contribution in [-0.4, -0.2) is 19.6 Å². The van der Waals surface area contributed by atoms with Gasteiger partial charge in [-0.15, -0.1) is 0 Å². The van der Waals surface area contributed by atoms with Crippen LogP contribution in [0.5, 0.6) is 0 Å². The van der Waals surface area contributed by atoms with Crippen LogP contribution in [0.15, 0.2) is 0 Å². The Morgan fingerprint density at radius 2 is 1.47 bits per heavy atom. The summed E-state index contributed by atoms with van der Waals surface area (Å²) in [6.07, 6.45) is 14.6. The van der Waals surface area contributed by atoms with Crippen molar-refractivity contribution in [1.82, 2.24) is 0 Å². The number of piperidine rings is 1. The van der Waals surface area contributed by atoms with Crippen molar-refractivity contribution >= 4 is 0 Å². The zero-order valence-electron chi connectivity index (χ0n) is 13.2. The standard InChI is InChI=1S/C16H33N.CN/c1-3-5-7-8-9-13-17-14-11-16(12-15-17)10-6-4-2;1-2/h16H,3-15H2,1-2H3;/q;-1/p+1. The quantitative estimate of drug-likeness (QED) is 0.502. The van der Waals surface area contributed by atoms with Gasteiger partial charge in [-0.3, -0.25) is 0 Å². The SMILES string of the molecule is CCCCCCC[NH+]1CCC(CCCC)CC1.[C-]#N. The number of unbranched alkanes of at least 4 members (excludes halogenated alkanes) is 5. The summed E-state index contributed by atoms with van der Waals surface area (Å²) in [5.74, 6) is 1.07. The number of rotatable bonds is 9. The van der Waals surface area contributed by atoms with Crippen LogP contribution < -0.4 is 4.90 Å². The fourth-order valence-corrected chi connectivity index (χ4v) is 3.10. The smallest absolute Gasteiger partial charge is 0.0773 e. The Morgan fingerprint density at radius 3 is 2.05 bits per heavy atom. The summed E-state index contributed by atoms with van der Waals surface area (Å²) in [6.45, 7) is 13.7. The molecule has 0 aromatic rings. The highest BCUT2D eigenvalue weighted by molar-refractivity contribution is 4.62. The molecule has 0 aromatic carbocycles. The molecule has 1 fully saturated rings. The molecule has 0 unspecified atom stereocenters. The summed E-state index contributed by atoms with van der Waals surface area (Å²) in [5.41, 5.74) is 0. The topological polar surface area (TPSA) is 28.2 Å². The maximum Gasteiger partial charge on any atom is 0.0773 e. The molecule has 1 aliphatic rings. The summed E-state index contributed by atoms with van der Waals surface area (Å²) in [6, 6.07) is 0. The van der Waals surface area contributed by atoms with Gasteiger partial charge in [-0.25, -0.2) is 0 Å². The van der Waals surface area contributed by atoms with Gasteiger partial charge >= 0.3 is 0 Å². The molecular formula is C17H34N2. The summed E-state index contributed by atoms with van der Waals surface area (Å²) < 4.78 is 0. The van der Waals surface area contributed by atoms with E-state index in [1.807, 2.05) is 4.90 Å². The maximum atomic E-state index is 6.25. The van der Waals surface area contributed by atoms with E-state index in [1.165, 1.54) is 83.8 Å².